The molecule has 0 saturated carbocycles. The van der Waals surface area contributed by atoms with E-state index in [1.807, 2.05) is 55.5 Å². The number of methoxy groups -OCH3 is 1. The molecule has 0 unspecified atom stereocenters. The van der Waals surface area contributed by atoms with Crippen LogP contribution in [-0.4, -0.2) is 33.2 Å². The molecule has 176 valence electrons. The van der Waals surface area contributed by atoms with E-state index in [4.69, 9.17) is 20.9 Å². The van der Waals surface area contributed by atoms with Crippen LogP contribution in [0, 0.1) is 0 Å². The van der Waals surface area contributed by atoms with Crippen LogP contribution in [0.25, 0.3) is 27.9 Å². The zero-order valence-corrected chi connectivity index (χ0v) is 19.9. The number of aromatic nitrogens is 4. The summed E-state index contributed by atoms with van der Waals surface area (Å²) in [6.45, 7) is 2.04. The number of halogens is 1. The van der Waals surface area contributed by atoms with Crippen molar-refractivity contribution in [2.75, 3.05) is 12.4 Å². The molecule has 0 spiro atoms. The van der Waals surface area contributed by atoms with Crippen LogP contribution in [0.15, 0.2) is 71.3 Å². The van der Waals surface area contributed by atoms with Crippen molar-refractivity contribution in [3.63, 3.8) is 0 Å². The molecule has 1 N–H and O–H groups in total. The predicted octanol–water partition coefficient (Wildman–Crippen LogP) is 5.94. The number of fused-ring (bicyclic) bond motifs is 1. The molecular formula is C26H22ClN5O3. The second-order valence-electron chi connectivity index (χ2n) is 7.93. The summed E-state index contributed by atoms with van der Waals surface area (Å²) in [6.07, 6.45) is 1.43. The van der Waals surface area contributed by atoms with E-state index in [0.717, 1.165) is 28.6 Å². The standard InChI is InChI=1S/C26H22ClN5O3/c1-3-7-22-24(26(33)28-17-10-13-23(34-2)20(27)14-17)29-31-32(22)18-11-12-21-19(15-18)25(35-30-21)16-8-5-4-6-9-16/h4-6,8-15H,3,7H2,1-2H3,(H,28,33). The molecule has 3 aromatic carbocycles. The maximum atomic E-state index is 13.1. The highest BCUT2D eigenvalue weighted by Gasteiger charge is 2.21. The summed E-state index contributed by atoms with van der Waals surface area (Å²) in [6, 6.07) is 20.5. The van der Waals surface area contributed by atoms with Gasteiger partial charge in [0.2, 0.25) is 0 Å². The number of amides is 1. The van der Waals surface area contributed by atoms with Crippen molar-refractivity contribution in [1.29, 1.82) is 0 Å². The molecule has 0 atom stereocenters. The van der Waals surface area contributed by atoms with E-state index >= 15 is 0 Å². The summed E-state index contributed by atoms with van der Waals surface area (Å²) in [4.78, 5) is 13.1. The van der Waals surface area contributed by atoms with Gasteiger partial charge in [0.25, 0.3) is 5.91 Å². The SMILES string of the molecule is CCCc1c(C(=O)Nc2ccc(OC)c(Cl)c2)nnn1-c1ccc2noc(-c3ccccc3)c2c1. The molecule has 0 aliphatic rings. The second kappa shape index (κ2) is 9.60. The van der Waals surface area contributed by atoms with Crippen LogP contribution in [-0.2, 0) is 6.42 Å². The highest BCUT2D eigenvalue weighted by atomic mass is 35.5. The van der Waals surface area contributed by atoms with Crippen LogP contribution in [0.3, 0.4) is 0 Å². The lowest BCUT2D eigenvalue weighted by Gasteiger charge is -2.09. The monoisotopic (exact) mass is 487 g/mol. The summed E-state index contributed by atoms with van der Waals surface area (Å²) in [5, 5.41) is 16.8. The number of hydrogen-bond acceptors (Lipinski definition) is 6. The van der Waals surface area contributed by atoms with E-state index in [0.29, 0.717) is 34.3 Å². The molecule has 0 aliphatic carbocycles. The molecule has 8 nitrogen and oxygen atoms in total. The fourth-order valence-corrected chi connectivity index (χ4v) is 4.20. The predicted molar refractivity (Wildman–Crippen MR) is 134 cm³/mol. The minimum atomic E-state index is -0.364. The van der Waals surface area contributed by atoms with Crippen LogP contribution >= 0.6 is 11.6 Å². The first kappa shape index (κ1) is 22.6. The Kier molecular flexibility index (Phi) is 6.20. The molecule has 0 fully saturated rings. The number of anilines is 1. The lowest BCUT2D eigenvalue weighted by atomic mass is 10.1. The summed E-state index contributed by atoms with van der Waals surface area (Å²) < 4.78 is 12.5. The van der Waals surface area contributed by atoms with Gasteiger partial charge in [0.05, 0.1) is 28.9 Å². The molecule has 5 aromatic rings. The van der Waals surface area contributed by atoms with E-state index in [-0.39, 0.29) is 11.6 Å². The normalized spacial score (nSPS) is 11.1. The number of carbonyl (C=O) groups excluding carboxylic acids is 1. The Morgan fingerprint density at radius 1 is 1.11 bits per heavy atom. The fraction of sp³-hybridized carbons (Fsp3) is 0.154. The van der Waals surface area contributed by atoms with Gasteiger partial charge in [-0.2, -0.15) is 0 Å². The van der Waals surface area contributed by atoms with Crippen molar-refractivity contribution in [3.8, 4) is 22.8 Å². The maximum Gasteiger partial charge on any atom is 0.278 e. The second-order valence-corrected chi connectivity index (χ2v) is 8.34. The van der Waals surface area contributed by atoms with Crippen molar-refractivity contribution in [2.45, 2.75) is 19.8 Å². The highest BCUT2D eigenvalue weighted by molar-refractivity contribution is 6.32. The third kappa shape index (κ3) is 4.36. The minimum Gasteiger partial charge on any atom is -0.495 e. The zero-order valence-electron chi connectivity index (χ0n) is 19.2. The van der Waals surface area contributed by atoms with Gasteiger partial charge in [-0.3, -0.25) is 4.79 Å². The Morgan fingerprint density at radius 3 is 2.69 bits per heavy atom. The molecule has 0 saturated heterocycles. The van der Waals surface area contributed by atoms with Crippen LogP contribution in [0.2, 0.25) is 5.02 Å². The van der Waals surface area contributed by atoms with Gasteiger partial charge in [-0.15, -0.1) is 5.10 Å². The molecule has 2 heterocycles. The first-order valence-electron chi connectivity index (χ1n) is 11.1. The van der Waals surface area contributed by atoms with Crippen LogP contribution in [0.4, 0.5) is 5.69 Å². The Balaban J connectivity index is 1.51. The maximum absolute atomic E-state index is 13.1. The van der Waals surface area contributed by atoms with Gasteiger partial charge in [0.1, 0.15) is 11.3 Å². The lowest BCUT2D eigenvalue weighted by Crippen LogP contribution is -2.15. The molecular weight excluding hydrogens is 466 g/mol. The number of benzene rings is 3. The van der Waals surface area contributed by atoms with Gasteiger partial charge in [0, 0.05) is 11.3 Å². The molecule has 0 radical (unpaired) electrons. The third-order valence-corrected chi connectivity index (χ3v) is 5.91. The van der Waals surface area contributed by atoms with E-state index in [1.54, 1.807) is 22.9 Å². The van der Waals surface area contributed by atoms with E-state index in [1.165, 1.54) is 7.11 Å². The van der Waals surface area contributed by atoms with Crippen LogP contribution in [0.5, 0.6) is 5.75 Å². The Labute approximate surface area is 206 Å². The smallest absolute Gasteiger partial charge is 0.278 e. The molecule has 0 aliphatic heterocycles. The van der Waals surface area contributed by atoms with Crippen LogP contribution in [0.1, 0.15) is 29.5 Å². The minimum absolute atomic E-state index is 0.257. The number of rotatable bonds is 7. The Bertz CT molecular complexity index is 1510. The highest BCUT2D eigenvalue weighted by Crippen LogP contribution is 2.31. The first-order chi connectivity index (χ1) is 17.1. The fourth-order valence-electron chi connectivity index (χ4n) is 3.94. The van der Waals surface area contributed by atoms with Gasteiger partial charge in [-0.1, -0.05) is 65.6 Å². The third-order valence-electron chi connectivity index (χ3n) is 5.62. The molecule has 1 amide bonds. The van der Waals surface area contributed by atoms with Crippen molar-refractivity contribution < 1.29 is 14.1 Å². The number of carbonyl (C=O) groups is 1. The van der Waals surface area contributed by atoms with E-state index < -0.39 is 0 Å². The lowest BCUT2D eigenvalue weighted by molar-refractivity contribution is 0.102. The average molecular weight is 488 g/mol. The molecule has 2 aromatic heterocycles. The van der Waals surface area contributed by atoms with Gasteiger partial charge < -0.3 is 14.6 Å². The summed E-state index contributed by atoms with van der Waals surface area (Å²) in [5.74, 6) is 0.840. The number of ether oxygens (including phenoxy) is 1. The van der Waals surface area contributed by atoms with Gasteiger partial charge >= 0.3 is 0 Å². The van der Waals surface area contributed by atoms with Gasteiger partial charge in [0.15, 0.2) is 11.5 Å². The molecule has 35 heavy (non-hydrogen) atoms. The largest absolute Gasteiger partial charge is 0.495 e. The van der Waals surface area contributed by atoms with Crippen molar-refractivity contribution in [3.05, 3.63) is 83.1 Å². The van der Waals surface area contributed by atoms with Gasteiger partial charge in [-0.05, 0) is 42.8 Å². The summed E-state index contributed by atoms with van der Waals surface area (Å²) in [7, 11) is 1.54. The summed E-state index contributed by atoms with van der Waals surface area (Å²) in [5.41, 5.74) is 3.93. The first-order valence-corrected chi connectivity index (χ1v) is 11.5. The Morgan fingerprint density at radius 2 is 1.94 bits per heavy atom. The van der Waals surface area contributed by atoms with Crippen LogP contribution < -0.4 is 10.1 Å². The number of nitrogens with zero attached hydrogens (tertiary/aromatic N) is 4. The van der Waals surface area contributed by atoms with E-state index in [2.05, 4.69) is 20.8 Å². The molecule has 9 heteroatoms. The number of hydrogen-bond donors (Lipinski definition) is 1. The molecule has 0 bridgehead atoms. The Hall–Kier alpha value is -4.17. The number of nitrogens with one attached hydrogen (secondary N) is 1. The topological polar surface area (TPSA) is 95.1 Å². The van der Waals surface area contributed by atoms with Crippen molar-refractivity contribution >= 4 is 34.1 Å². The summed E-state index contributed by atoms with van der Waals surface area (Å²) >= 11 is 6.20. The van der Waals surface area contributed by atoms with Crippen molar-refractivity contribution in [1.82, 2.24) is 20.2 Å². The molecule has 5 rings (SSSR count). The average Bonchev–Trinajstić information content (AvgIpc) is 3.49. The van der Waals surface area contributed by atoms with E-state index in [9.17, 15) is 4.79 Å². The van der Waals surface area contributed by atoms with Gasteiger partial charge in [-0.25, -0.2) is 4.68 Å². The quantitative estimate of drug-likeness (QED) is 0.305. The zero-order chi connectivity index (χ0) is 24.4. The van der Waals surface area contributed by atoms with Crippen molar-refractivity contribution in [2.24, 2.45) is 0 Å².